The van der Waals surface area contributed by atoms with E-state index in [1.165, 1.54) is 29.1 Å². The number of thioether (sulfide) groups is 2. The maximum atomic E-state index is 13.3. The molecule has 172 valence electrons. The van der Waals surface area contributed by atoms with Gasteiger partial charge < -0.3 is 14.8 Å². The summed E-state index contributed by atoms with van der Waals surface area (Å²) in [5, 5.41) is 3.38. The summed E-state index contributed by atoms with van der Waals surface area (Å²) in [6.07, 6.45) is 1.69. The molecule has 3 aromatic rings. The quantitative estimate of drug-likeness (QED) is 0.380. The van der Waals surface area contributed by atoms with E-state index in [0.29, 0.717) is 27.2 Å². The van der Waals surface area contributed by atoms with Crippen LogP contribution >= 0.6 is 23.5 Å². The Bertz CT molecular complexity index is 1230. The van der Waals surface area contributed by atoms with Crippen molar-refractivity contribution < 1.29 is 14.3 Å². The molecule has 7 nitrogen and oxygen atoms in total. The number of methoxy groups -OCH3 is 2. The zero-order chi connectivity index (χ0) is 23.4. The highest BCUT2D eigenvalue weighted by molar-refractivity contribution is 8.00. The zero-order valence-corrected chi connectivity index (χ0v) is 20.3. The fourth-order valence-electron chi connectivity index (χ4n) is 3.53. The number of nitrogens with zero attached hydrogens (tertiary/aromatic N) is 2. The van der Waals surface area contributed by atoms with Gasteiger partial charge in [-0.3, -0.25) is 14.2 Å². The summed E-state index contributed by atoms with van der Waals surface area (Å²) in [6.45, 7) is 2.09. The third-order valence-corrected chi connectivity index (χ3v) is 7.32. The van der Waals surface area contributed by atoms with Gasteiger partial charge >= 0.3 is 0 Å². The van der Waals surface area contributed by atoms with Crippen LogP contribution in [0.2, 0.25) is 0 Å². The molecule has 0 saturated heterocycles. The first-order chi connectivity index (χ1) is 16.0. The molecular weight excluding hydrogens is 458 g/mol. The van der Waals surface area contributed by atoms with E-state index in [-0.39, 0.29) is 17.2 Å². The molecule has 1 N–H and O–H groups in total. The second kappa shape index (κ2) is 10.4. The van der Waals surface area contributed by atoms with E-state index in [9.17, 15) is 9.59 Å². The van der Waals surface area contributed by atoms with Gasteiger partial charge in [0.15, 0.2) is 16.7 Å². The molecular formula is C24H25N3O4S2. The van der Waals surface area contributed by atoms with E-state index < -0.39 is 0 Å². The van der Waals surface area contributed by atoms with Crippen LogP contribution in [0, 0.1) is 0 Å². The number of anilines is 1. The van der Waals surface area contributed by atoms with Crippen LogP contribution in [-0.4, -0.2) is 41.2 Å². The third kappa shape index (κ3) is 5.04. The van der Waals surface area contributed by atoms with Crippen molar-refractivity contribution in [2.75, 3.05) is 31.0 Å². The van der Waals surface area contributed by atoms with Crippen LogP contribution in [0.1, 0.15) is 18.2 Å². The molecule has 0 saturated carbocycles. The lowest BCUT2D eigenvalue weighted by molar-refractivity contribution is -0.113. The molecule has 2 aromatic carbocycles. The van der Waals surface area contributed by atoms with Crippen molar-refractivity contribution in [3.05, 3.63) is 64.1 Å². The number of hydrogen-bond donors (Lipinski definition) is 1. The lowest BCUT2D eigenvalue weighted by atomic mass is 10.1. The Labute approximate surface area is 200 Å². The van der Waals surface area contributed by atoms with Crippen molar-refractivity contribution in [1.82, 2.24) is 9.55 Å². The van der Waals surface area contributed by atoms with E-state index in [0.717, 1.165) is 30.0 Å². The van der Waals surface area contributed by atoms with E-state index in [1.807, 2.05) is 24.3 Å². The average Bonchev–Trinajstić information content (AvgIpc) is 3.32. The highest BCUT2D eigenvalue weighted by Crippen LogP contribution is 2.33. The number of hydrogen-bond acceptors (Lipinski definition) is 7. The first kappa shape index (κ1) is 23.3. The Hall–Kier alpha value is -2.91. The van der Waals surface area contributed by atoms with E-state index in [1.54, 1.807) is 37.0 Å². The molecule has 1 aliphatic rings. The number of benzene rings is 2. The number of rotatable bonds is 8. The zero-order valence-electron chi connectivity index (χ0n) is 18.7. The normalized spacial score (nSPS) is 12.3. The maximum absolute atomic E-state index is 13.3. The van der Waals surface area contributed by atoms with Crippen molar-refractivity contribution in [2.45, 2.75) is 29.8 Å². The second-order valence-corrected chi connectivity index (χ2v) is 9.38. The highest BCUT2D eigenvalue weighted by Gasteiger charge is 2.23. The first-order valence-corrected chi connectivity index (χ1v) is 12.5. The Morgan fingerprint density at radius 3 is 2.61 bits per heavy atom. The number of carbonyl (C=O) groups is 1. The van der Waals surface area contributed by atoms with Gasteiger partial charge in [0.2, 0.25) is 5.91 Å². The van der Waals surface area contributed by atoms with Gasteiger partial charge in [-0.25, -0.2) is 4.98 Å². The van der Waals surface area contributed by atoms with Crippen molar-refractivity contribution in [1.29, 1.82) is 0 Å². The Morgan fingerprint density at radius 2 is 1.91 bits per heavy atom. The minimum atomic E-state index is -0.160. The van der Waals surface area contributed by atoms with Crippen molar-refractivity contribution >= 4 is 35.1 Å². The Morgan fingerprint density at radius 1 is 1.15 bits per heavy atom. The number of aryl methyl sites for hydroxylation is 2. The molecule has 0 bridgehead atoms. The molecule has 0 atom stereocenters. The van der Waals surface area contributed by atoms with Crippen LogP contribution in [0.25, 0.3) is 5.69 Å². The summed E-state index contributed by atoms with van der Waals surface area (Å²) in [6, 6.07) is 13.1. The van der Waals surface area contributed by atoms with Crippen LogP contribution in [0.15, 0.2) is 57.3 Å². The summed E-state index contributed by atoms with van der Waals surface area (Å²) in [7, 11) is 3.11. The third-order valence-electron chi connectivity index (χ3n) is 5.27. The lowest BCUT2D eigenvalue weighted by Gasteiger charge is -2.15. The van der Waals surface area contributed by atoms with Gasteiger partial charge in [0.05, 0.1) is 36.2 Å². The van der Waals surface area contributed by atoms with E-state index in [4.69, 9.17) is 14.5 Å². The molecule has 1 aromatic heterocycles. The molecule has 2 heterocycles. The van der Waals surface area contributed by atoms with Crippen molar-refractivity contribution in [2.24, 2.45) is 0 Å². The fourth-order valence-corrected chi connectivity index (χ4v) is 5.38. The molecule has 0 radical (unpaired) electrons. The Balaban J connectivity index is 1.62. The molecule has 0 fully saturated rings. The van der Waals surface area contributed by atoms with Gasteiger partial charge in [0.25, 0.3) is 5.56 Å². The number of ether oxygens (including phenoxy) is 2. The highest BCUT2D eigenvalue weighted by atomic mass is 32.2. The van der Waals surface area contributed by atoms with Gasteiger partial charge in [0.1, 0.15) is 0 Å². The number of aromatic nitrogens is 2. The molecule has 0 aliphatic carbocycles. The molecule has 0 spiro atoms. The lowest BCUT2D eigenvalue weighted by Crippen LogP contribution is -2.24. The summed E-state index contributed by atoms with van der Waals surface area (Å²) in [5.74, 6) is 1.87. The van der Waals surface area contributed by atoms with Gasteiger partial charge in [-0.2, -0.15) is 0 Å². The van der Waals surface area contributed by atoms with E-state index >= 15 is 0 Å². The van der Waals surface area contributed by atoms with Gasteiger partial charge in [-0.1, -0.05) is 30.8 Å². The SMILES string of the molecule is CCc1ccc(NC(=O)CSc2nc3c(c(=O)n2-c2ccc(OC)c(OC)c2)SCC3)cc1. The van der Waals surface area contributed by atoms with Gasteiger partial charge in [0, 0.05) is 23.9 Å². The van der Waals surface area contributed by atoms with Gasteiger partial charge in [-0.15, -0.1) is 11.8 Å². The minimum absolute atomic E-state index is 0.126. The van der Waals surface area contributed by atoms with Crippen LogP contribution in [0.3, 0.4) is 0 Å². The predicted octanol–water partition coefficient (Wildman–Crippen LogP) is 4.19. The second-order valence-electron chi connectivity index (χ2n) is 7.34. The van der Waals surface area contributed by atoms with E-state index in [2.05, 4.69) is 12.2 Å². The topological polar surface area (TPSA) is 82.5 Å². The molecule has 4 rings (SSSR count). The number of fused-ring (bicyclic) bond motifs is 1. The molecule has 33 heavy (non-hydrogen) atoms. The first-order valence-electron chi connectivity index (χ1n) is 10.6. The summed E-state index contributed by atoms with van der Waals surface area (Å²) in [4.78, 5) is 31.4. The van der Waals surface area contributed by atoms with Crippen LogP contribution < -0.4 is 20.3 Å². The standard InChI is InChI=1S/C24H25N3O4S2/c1-4-15-5-7-16(8-6-15)25-21(28)14-33-24-26-18-11-12-32-22(18)23(29)27(24)17-9-10-19(30-2)20(13-17)31-3/h5-10,13H,4,11-12,14H2,1-3H3,(H,25,28). The maximum Gasteiger partial charge on any atom is 0.272 e. The number of amides is 1. The van der Waals surface area contributed by atoms with Crippen LogP contribution in [0.5, 0.6) is 11.5 Å². The van der Waals surface area contributed by atoms with Crippen LogP contribution in [-0.2, 0) is 17.6 Å². The predicted molar refractivity (Wildman–Crippen MR) is 133 cm³/mol. The smallest absolute Gasteiger partial charge is 0.272 e. The molecule has 9 heteroatoms. The fraction of sp³-hybridized carbons (Fsp3) is 0.292. The summed E-state index contributed by atoms with van der Waals surface area (Å²) in [5.41, 5.74) is 3.22. The largest absolute Gasteiger partial charge is 0.493 e. The summed E-state index contributed by atoms with van der Waals surface area (Å²) >= 11 is 2.76. The molecule has 1 amide bonds. The molecule has 0 unspecified atom stereocenters. The summed E-state index contributed by atoms with van der Waals surface area (Å²) < 4.78 is 12.3. The Kier molecular flexibility index (Phi) is 7.29. The molecule has 1 aliphatic heterocycles. The monoisotopic (exact) mass is 483 g/mol. The van der Waals surface area contributed by atoms with Gasteiger partial charge in [-0.05, 0) is 36.2 Å². The van der Waals surface area contributed by atoms with Crippen molar-refractivity contribution in [3.8, 4) is 17.2 Å². The van der Waals surface area contributed by atoms with Crippen molar-refractivity contribution in [3.63, 3.8) is 0 Å². The average molecular weight is 484 g/mol. The number of carbonyl (C=O) groups excluding carboxylic acids is 1. The number of nitrogens with one attached hydrogen (secondary N) is 1. The van der Waals surface area contributed by atoms with Crippen LogP contribution in [0.4, 0.5) is 5.69 Å². The minimum Gasteiger partial charge on any atom is -0.493 e.